The van der Waals surface area contributed by atoms with Crippen molar-refractivity contribution in [2.24, 2.45) is 0 Å². The molecule has 2 amide bonds. The summed E-state index contributed by atoms with van der Waals surface area (Å²) in [6.07, 6.45) is 7.98. The molecule has 8 nitrogen and oxygen atoms in total. The number of nitrogens with zero attached hydrogens (tertiary/aromatic N) is 5. The molecule has 0 atom stereocenters. The zero-order chi connectivity index (χ0) is 28.1. The maximum absolute atomic E-state index is 14.3. The lowest BCUT2D eigenvalue weighted by atomic mass is 9.74. The zero-order valence-corrected chi connectivity index (χ0v) is 23.3. The van der Waals surface area contributed by atoms with Gasteiger partial charge in [0.25, 0.3) is 0 Å². The number of fused-ring (bicyclic) bond motifs is 3. The number of likely N-dealkylation sites (tertiary alicyclic amines) is 1. The number of benzene rings is 1. The van der Waals surface area contributed by atoms with Gasteiger partial charge in [-0.2, -0.15) is 0 Å². The summed E-state index contributed by atoms with van der Waals surface area (Å²) in [5.74, 6) is 0.0299. The number of aryl methyl sites for hydroxylation is 1. The number of hydrogen-bond acceptors (Lipinski definition) is 6. The van der Waals surface area contributed by atoms with E-state index in [1.165, 1.54) is 0 Å². The highest BCUT2D eigenvalue weighted by molar-refractivity contribution is 6.08. The number of rotatable bonds is 3. The molecule has 1 aromatic carbocycles. The van der Waals surface area contributed by atoms with Gasteiger partial charge in [0.15, 0.2) is 0 Å². The minimum atomic E-state index is -0.709. The summed E-state index contributed by atoms with van der Waals surface area (Å²) >= 11 is 0. The smallest absolute Gasteiger partial charge is 0.410 e. The Morgan fingerprint density at radius 2 is 1.77 bits per heavy atom. The number of amides is 2. The van der Waals surface area contributed by atoms with Gasteiger partial charge in [0.2, 0.25) is 5.91 Å². The Labute approximate surface area is 234 Å². The van der Waals surface area contributed by atoms with E-state index in [9.17, 15) is 9.59 Å². The second kappa shape index (κ2) is 9.70. The van der Waals surface area contributed by atoms with Crippen LogP contribution in [0.4, 0.5) is 10.5 Å². The van der Waals surface area contributed by atoms with Crippen LogP contribution in [-0.2, 0) is 21.5 Å². The monoisotopic (exact) mass is 535 g/mol. The Bertz CT molecular complexity index is 1600. The third-order valence-corrected chi connectivity index (χ3v) is 7.92. The molecule has 2 aliphatic rings. The van der Waals surface area contributed by atoms with Crippen LogP contribution < -0.4 is 4.90 Å². The van der Waals surface area contributed by atoms with E-state index in [0.717, 1.165) is 44.5 Å². The van der Waals surface area contributed by atoms with Crippen molar-refractivity contribution in [1.29, 1.82) is 0 Å². The molecule has 4 aromatic rings. The topological polar surface area (TPSA) is 88.5 Å². The Kier molecular flexibility index (Phi) is 6.28. The van der Waals surface area contributed by atoms with Gasteiger partial charge in [-0.05, 0) is 63.6 Å². The molecule has 8 heteroatoms. The highest BCUT2D eigenvalue weighted by Crippen LogP contribution is 2.48. The van der Waals surface area contributed by atoms with E-state index in [-0.39, 0.29) is 12.0 Å². The number of pyridine rings is 3. The van der Waals surface area contributed by atoms with Crippen LogP contribution in [0, 0.1) is 6.92 Å². The molecular formula is C32H33N5O3. The third kappa shape index (κ3) is 4.47. The summed E-state index contributed by atoms with van der Waals surface area (Å²) in [4.78, 5) is 44.4. The molecule has 2 aliphatic heterocycles. The molecule has 1 fully saturated rings. The Morgan fingerprint density at radius 1 is 1.00 bits per heavy atom. The molecule has 6 rings (SSSR count). The van der Waals surface area contributed by atoms with Crippen molar-refractivity contribution in [2.45, 2.75) is 58.1 Å². The van der Waals surface area contributed by atoms with Crippen LogP contribution in [0.2, 0.25) is 0 Å². The minimum Gasteiger partial charge on any atom is -0.444 e. The van der Waals surface area contributed by atoms with Gasteiger partial charge in [-0.15, -0.1) is 0 Å². The van der Waals surface area contributed by atoms with E-state index in [0.29, 0.717) is 32.5 Å². The normalized spacial score (nSPS) is 16.4. The van der Waals surface area contributed by atoms with E-state index in [2.05, 4.69) is 22.1 Å². The maximum Gasteiger partial charge on any atom is 0.410 e. The first-order chi connectivity index (χ1) is 19.2. The van der Waals surface area contributed by atoms with Gasteiger partial charge in [0.1, 0.15) is 5.60 Å². The SMILES string of the molecule is Cc1ccc(-c2c(CN3C(=O)C4(CCN(C(=O)OC(C)(C)C)CC4)c4ccncc43)ncc3ccccc23)cn1. The molecular weight excluding hydrogens is 502 g/mol. The summed E-state index contributed by atoms with van der Waals surface area (Å²) < 4.78 is 5.59. The summed E-state index contributed by atoms with van der Waals surface area (Å²) in [5.41, 5.74) is 4.18. The molecule has 0 aliphatic carbocycles. The average Bonchev–Trinajstić information content (AvgIpc) is 3.16. The van der Waals surface area contributed by atoms with Crippen molar-refractivity contribution in [2.75, 3.05) is 18.0 Å². The molecule has 0 radical (unpaired) electrons. The second-order valence-corrected chi connectivity index (χ2v) is 11.7. The molecule has 0 unspecified atom stereocenters. The minimum absolute atomic E-state index is 0.0299. The van der Waals surface area contributed by atoms with Crippen LogP contribution in [0.1, 0.15) is 50.6 Å². The van der Waals surface area contributed by atoms with Gasteiger partial charge in [0.05, 0.1) is 29.5 Å². The van der Waals surface area contributed by atoms with E-state index in [1.807, 2.05) is 75.3 Å². The second-order valence-electron chi connectivity index (χ2n) is 11.7. The van der Waals surface area contributed by atoms with E-state index in [4.69, 9.17) is 9.72 Å². The number of carbonyl (C=O) groups is 2. The lowest BCUT2D eigenvalue weighted by Gasteiger charge is -2.38. The predicted octanol–water partition coefficient (Wildman–Crippen LogP) is 5.82. The lowest BCUT2D eigenvalue weighted by Crippen LogP contribution is -2.50. The van der Waals surface area contributed by atoms with E-state index < -0.39 is 11.0 Å². The maximum atomic E-state index is 14.3. The Hall–Kier alpha value is -4.33. The van der Waals surface area contributed by atoms with Crippen LogP contribution in [0.3, 0.4) is 0 Å². The highest BCUT2D eigenvalue weighted by atomic mass is 16.6. The van der Waals surface area contributed by atoms with Crippen molar-refractivity contribution in [1.82, 2.24) is 19.9 Å². The van der Waals surface area contributed by atoms with Crippen molar-refractivity contribution in [3.8, 4) is 11.1 Å². The van der Waals surface area contributed by atoms with Crippen LogP contribution in [0.15, 0.2) is 67.3 Å². The molecule has 3 aromatic heterocycles. The van der Waals surface area contributed by atoms with Crippen molar-refractivity contribution in [3.05, 3.63) is 84.2 Å². The first-order valence-electron chi connectivity index (χ1n) is 13.7. The Morgan fingerprint density at radius 3 is 2.50 bits per heavy atom. The van der Waals surface area contributed by atoms with Crippen LogP contribution in [0.5, 0.6) is 0 Å². The van der Waals surface area contributed by atoms with Gasteiger partial charge in [-0.1, -0.05) is 30.3 Å². The first-order valence-corrected chi connectivity index (χ1v) is 13.7. The molecule has 0 N–H and O–H groups in total. The van der Waals surface area contributed by atoms with Gasteiger partial charge < -0.3 is 14.5 Å². The number of piperidine rings is 1. The lowest BCUT2D eigenvalue weighted by molar-refractivity contribution is -0.125. The van der Waals surface area contributed by atoms with Crippen molar-refractivity contribution >= 4 is 28.5 Å². The fraction of sp³-hybridized carbons (Fsp3) is 0.344. The zero-order valence-electron chi connectivity index (χ0n) is 23.3. The van der Waals surface area contributed by atoms with Crippen molar-refractivity contribution in [3.63, 3.8) is 0 Å². The number of carbonyl (C=O) groups excluding carboxylic acids is 2. The van der Waals surface area contributed by atoms with Gasteiger partial charge in [-0.3, -0.25) is 19.7 Å². The largest absolute Gasteiger partial charge is 0.444 e. The summed E-state index contributed by atoms with van der Waals surface area (Å²) in [5, 5.41) is 2.10. The van der Waals surface area contributed by atoms with Gasteiger partial charge in [0, 0.05) is 53.9 Å². The van der Waals surface area contributed by atoms with Crippen LogP contribution >= 0.6 is 0 Å². The van der Waals surface area contributed by atoms with E-state index >= 15 is 0 Å². The van der Waals surface area contributed by atoms with E-state index in [1.54, 1.807) is 17.3 Å². The highest BCUT2D eigenvalue weighted by Gasteiger charge is 2.53. The quantitative estimate of drug-likeness (QED) is 0.329. The van der Waals surface area contributed by atoms with Crippen LogP contribution in [-0.4, -0.2) is 50.5 Å². The first kappa shape index (κ1) is 25.9. The Balaban J connectivity index is 1.36. The van der Waals surface area contributed by atoms with Crippen molar-refractivity contribution < 1.29 is 14.3 Å². The number of hydrogen-bond donors (Lipinski definition) is 0. The fourth-order valence-corrected chi connectivity index (χ4v) is 5.94. The summed E-state index contributed by atoms with van der Waals surface area (Å²) in [7, 11) is 0. The third-order valence-electron chi connectivity index (χ3n) is 7.92. The van der Waals surface area contributed by atoms with Gasteiger partial charge in [-0.25, -0.2) is 4.79 Å². The van der Waals surface area contributed by atoms with Gasteiger partial charge >= 0.3 is 6.09 Å². The number of anilines is 1. The fourth-order valence-electron chi connectivity index (χ4n) is 5.94. The molecule has 5 heterocycles. The summed E-state index contributed by atoms with van der Waals surface area (Å²) in [6, 6.07) is 14.2. The molecule has 0 saturated carbocycles. The number of aromatic nitrogens is 3. The molecule has 40 heavy (non-hydrogen) atoms. The summed E-state index contributed by atoms with van der Waals surface area (Å²) in [6.45, 7) is 8.75. The average molecular weight is 536 g/mol. The standard InChI is InChI=1S/C32H33N5O3/c1-21-9-10-23(18-34-21)28-24-8-6-5-7-22(24)17-35-26(28)20-37-27-19-33-14-11-25(27)32(29(37)38)12-15-36(16-13-32)30(39)40-31(2,3)4/h5-11,14,17-19H,12-13,15-16,20H2,1-4H3. The van der Waals surface area contributed by atoms with Crippen LogP contribution in [0.25, 0.3) is 21.9 Å². The molecule has 1 spiro atoms. The molecule has 204 valence electrons. The molecule has 0 bridgehead atoms. The predicted molar refractivity (Wildman–Crippen MR) is 154 cm³/mol. The number of ether oxygens (including phenoxy) is 1. The molecule has 1 saturated heterocycles.